The van der Waals surface area contributed by atoms with Crippen molar-refractivity contribution in [3.63, 3.8) is 0 Å². The van der Waals surface area contributed by atoms with Crippen LogP contribution in [0.4, 0.5) is 0 Å². The number of H-pyrrole nitrogens is 1. The summed E-state index contributed by atoms with van der Waals surface area (Å²) in [4.78, 5) is 13.6. The third kappa shape index (κ3) is 2.80. The van der Waals surface area contributed by atoms with E-state index in [4.69, 9.17) is 0 Å². The highest BCUT2D eigenvalue weighted by Crippen LogP contribution is 1.98. The Morgan fingerprint density at radius 1 is 1.55 bits per heavy atom. The summed E-state index contributed by atoms with van der Waals surface area (Å²) in [6, 6.07) is 5.26. The van der Waals surface area contributed by atoms with Crippen LogP contribution < -0.4 is 5.56 Å². The van der Waals surface area contributed by atoms with Crippen LogP contribution >= 0.6 is 11.8 Å². The van der Waals surface area contributed by atoms with Crippen molar-refractivity contribution >= 4 is 11.8 Å². The van der Waals surface area contributed by atoms with Gasteiger partial charge in [0.05, 0.1) is 0 Å². The summed E-state index contributed by atoms with van der Waals surface area (Å²) < 4.78 is 0. The molecular formula is C8H11NOS. The SMILES string of the molecule is CSCCc1cccc(=O)[nH]1. The molecule has 11 heavy (non-hydrogen) atoms. The predicted octanol–water partition coefficient (Wildman–Crippen LogP) is 1.28. The molecule has 1 aromatic heterocycles. The Morgan fingerprint density at radius 3 is 3.00 bits per heavy atom. The van der Waals surface area contributed by atoms with Crippen molar-refractivity contribution in [3.8, 4) is 0 Å². The normalized spacial score (nSPS) is 9.91. The molecule has 0 spiro atoms. The van der Waals surface area contributed by atoms with Gasteiger partial charge in [-0.05, 0) is 24.5 Å². The summed E-state index contributed by atoms with van der Waals surface area (Å²) >= 11 is 1.78. The molecule has 60 valence electrons. The molecule has 1 rings (SSSR count). The van der Waals surface area contributed by atoms with Gasteiger partial charge in [0.1, 0.15) is 0 Å². The average molecular weight is 169 g/mol. The number of thioether (sulfide) groups is 1. The minimum atomic E-state index is -0.0106. The third-order valence-corrected chi connectivity index (χ3v) is 2.02. The summed E-state index contributed by atoms with van der Waals surface area (Å²) in [6.07, 6.45) is 3.00. The van der Waals surface area contributed by atoms with Crippen molar-refractivity contribution in [1.29, 1.82) is 0 Å². The molecule has 0 bridgehead atoms. The van der Waals surface area contributed by atoms with Crippen LogP contribution in [0.15, 0.2) is 23.0 Å². The second-order valence-corrected chi connectivity index (χ2v) is 3.27. The van der Waals surface area contributed by atoms with Gasteiger partial charge in [0.2, 0.25) is 5.56 Å². The van der Waals surface area contributed by atoms with Crippen LogP contribution in [-0.2, 0) is 6.42 Å². The lowest BCUT2D eigenvalue weighted by Gasteiger charge is -1.96. The topological polar surface area (TPSA) is 32.9 Å². The Balaban J connectivity index is 2.64. The van der Waals surface area contributed by atoms with Crippen LogP contribution in [0.3, 0.4) is 0 Å². The van der Waals surface area contributed by atoms with Crippen molar-refractivity contribution < 1.29 is 0 Å². The molecule has 2 nitrogen and oxygen atoms in total. The third-order valence-electron chi connectivity index (χ3n) is 1.40. The zero-order valence-electron chi connectivity index (χ0n) is 6.46. The Bertz CT molecular complexity index is 269. The molecule has 0 amide bonds. The standard InChI is InChI=1S/C8H11NOS/c1-11-6-5-7-3-2-4-8(10)9-7/h2-4H,5-6H2,1H3,(H,9,10). The van der Waals surface area contributed by atoms with Crippen LogP contribution in [0.5, 0.6) is 0 Å². The Labute approximate surface area is 70.0 Å². The quantitative estimate of drug-likeness (QED) is 0.739. The highest BCUT2D eigenvalue weighted by molar-refractivity contribution is 7.98. The van der Waals surface area contributed by atoms with Crippen LogP contribution in [0, 0.1) is 0 Å². The van der Waals surface area contributed by atoms with E-state index in [2.05, 4.69) is 11.2 Å². The molecule has 0 aliphatic rings. The molecule has 0 saturated carbocycles. The fourth-order valence-corrected chi connectivity index (χ4v) is 1.28. The number of hydrogen-bond acceptors (Lipinski definition) is 2. The molecular weight excluding hydrogens is 158 g/mol. The van der Waals surface area contributed by atoms with Crippen LogP contribution in [0.25, 0.3) is 0 Å². The molecule has 1 N–H and O–H groups in total. The van der Waals surface area contributed by atoms with Gasteiger partial charge in [0.15, 0.2) is 0 Å². The van der Waals surface area contributed by atoms with E-state index in [9.17, 15) is 4.79 Å². The number of aryl methyl sites for hydroxylation is 1. The van der Waals surface area contributed by atoms with Gasteiger partial charge in [-0.3, -0.25) is 4.79 Å². The number of nitrogens with one attached hydrogen (secondary N) is 1. The van der Waals surface area contributed by atoms with Gasteiger partial charge in [-0.25, -0.2) is 0 Å². The maximum atomic E-state index is 10.8. The lowest BCUT2D eigenvalue weighted by atomic mass is 10.3. The largest absolute Gasteiger partial charge is 0.326 e. The highest BCUT2D eigenvalue weighted by atomic mass is 32.2. The van der Waals surface area contributed by atoms with Gasteiger partial charge >= 0.3 is 0 Å². The molecule has 0 saturated heterocycles. The molecule has 1 heterocycles. The first kappa shape index (κ1) is 8.40. The Morgan fingerprint density at radius 2 is 2.36 bits per heavy atom. The summed E-state index contributed by atoms with van der Waals surface area (Å²) in [5.74, 6) is 1.06. The van der Waals surface area contributed by atoms with E-state index in [0.717, 1.165) is 17.9 Å². The first-order valence-electron chi connectivity index (χ1n) is 3.50. The zero-order chi connectivity index (χ0) is 8.10. The van der Waals surface area contributed by atoms with E-state index in [1.165, 1.54) is 6.07 Å². The maximum absolute atomic E-state index is 10.8. The fourth-order valence-electron chi connectivity index (χ4n) is 0.851. The molecule has 0 aromatic carbocycles. The lowest BCUT2D eigenvalue weighted by Crippen LogP contribution is -2.06. The molecule has 0 atom stereocenters. The first-order valence-corrected chi connectivity index (χ1v) is 4.89. The molecule has 1 aromatic rings. The smallest absolute Gasteiger partial charge is 0.248 e. The van der Waals surface area contributed by atoms with E-state index in [0.29, 0.717) is 0 Å². The Kier molecular flexibility index (Phi) is 3.23. The highest BCUT2D eigenvalue weighted by Gasteiger charge is 1.90. The van der Waals surface area contributed by atoms with Gasteiger partial charge < -0.3 is 4.98 Å². The van der Waals surface area contributed by atoms with Crippen LogP contribution in [-0.4, -0.2) is 17.0 Å². The van der Waals surface area contributed by atoms with Gasteiger partial charge in [-0.1, -0.05) is 6.07 Å². The maximum Gasteiger partial charge on any atom is 0.248 e. The number of hydrogen-bond donors (Lipinski definition) is 1. The molecule has 3 heteroatoms. The van der Waals surface area contributed by atoms with Crippen LogP contribution in [0.1, 0.15) is 5.69 Å². The second-order valence-electron chi connectivity index (χ2n) is 2.28. The summed E-state index contributed by atoms with van der Waals surface area (Å²) in [5, 5.41) is 0. The Hall–Kier alpha value is -0.700. The molecule has 0 aliphatic heterocycles. The number of aromatic nitrogens is 1. The van der Waals surface area contributed by atoms with Crippen molar-refractivity contribution in [1.82, 2.24) is 4.98 Å². The van der Waals surface area contributed by atoms with Crippen LogP contribution in [0.2, 0.25) is 0 Å². The molecule has 0 fully saturated rings. The number of rotatable bonds is 3. The minimum absolute atomic E-state index is 0.0106. The molecule has 0 radical (unpaired) electrons. The van der Waals surface area contributed by atoms with E-state index in [1.54, 1.807) is 17.8 Å². The molecule has 0 aliphatic carbocycles. The molecule has 0 unspecified atom stereocenters. The second kappa shape index (κ2) is 4.23. The summed E-state index contributed by atoms with van der Waals surface area (Å²) in [6.45, 7) is 0. The van der Waals surface area contributed by atoms with E-state index >= 15 is 0 Å². The van der Waals surface area contributed by atoms with E-state index in [1.807, 2.05) is 6.07 Å². The van der Waals surface area contributed by atoms with Gasteiger partial charge in [-0.15, -0.1) is 0 Å². The fraction of sp³-hybridized carbons (Fsp3) is 0.375. The predicted molar refractivity (Wildman–Crippen MR) is 49.1 cm³/mol. The first-order chi connectivity index (χ1) is 5.33. The monoisotopic (exact) mass is 169 g/mol. The number of aromatic amines is 1. The number of pyridine rings is 1. The van der Waals surface area contributed by atoms with Crippen molar-refractivity contribution in [3.05, 3.63) is 34.2 Å². The minimum Gasteiger partial charge on any atom is -0.326 e. The summed E-state index contributed by atoms with van der Waals surface area (Å²) in [7, 11) is 0. The van der Waals surface area contributed by atoms with Crippen molar-refractivity contribution in [2.45, 2.75) is 6.42 Å². The van der Waals surface area contributed by atoms with Crippen molar-refractivity contribution in [2.24, 2.45) is 0 Å². The average Bonchev–Trinajstić information content (AvgIpc) is 2.01. The van der Waals surface area contributed by atoms with E-state index in [-0.39, 0.29) is 5.56 Å². The summed E-state index contributed by atoms with van der Waals surface area (Å²) in [5.41, 5.74) is 1.01. The lowest BCUT2D eigenvalue weighted by molar-refractivity contribution is 1.02. The van der Waals surface area contributed by atoms with Gasteiger partial charge in [0, 0.05) is 11.8 Å². The zero-order valence-corrected chi connectivity index (χ0v) is 7.28. The van der Waals surface area contributed by atoms with Gasteiger partial charge in [0.25, 0.3) is 0 Å². The van der Waals surface area contributed by atoms with E-state index < -0.39 is 0 Å². The van der Waals surface area contributed by atoms with Crippen molar-refractivity contribution in [2.75, 3.05) is 12.0 Å². The van der Waals surface area contributed by atoms with Gasteiger partial charge in [-0.2, -0.15) is 11.8 Å².